The minimum absolute atomic E-state index is 0.101. The van der Waals surface area contributed by atoms with Crippen molar-refractivity contribution >= 4 is 17.2 Å². The Morgan fingerprint density at radius 3 is 2.69 bits per heavy atom. The highest BCUT2D eigenvalue weighted by Gasteiger charge is 2.25. The third kappa shape index (κ3) is 5.31. The molecule has 29 heavy (non-hydrogen) atoms. The van der Waals surface area contributed by atoms with E-state index >= 15 is 0 Å². The Bertz CT molecular complexity index is 928. The summed E-state index contributed by atoms with van der Waals surface area (Å²) in [7, 11) is 0. The van der Waals surface area contributed by atoms with E-state index in [9.17, 15) is 4.79 Å². The Labute approximate surface area is 175 Å². The molecule has 0 unspecified atom stereocenters. The van der Waals surface area contributed by atoms with E-state index in [1.807, 2.05) is 36.1 Å². The number of hydrogen-bond acceptors (Lipinski definition) is 5. The standard InChI is InChI=1S/C22H27N5OS/c1-17-25-21(15-29-17)14-26-9-6-18(7-10-26)22(28)24-12-19-4-2-3-5-20(19)13-27-11-8-23-16-27/h2-5,8,11,15-16,18H,6-7,9-10,12-14H2,1H3,(H,24,28). The highest BCUT2D eigenvalue weighted by molar-refractivity contribution is 7.09. The molecule has 0 saturated carbocycles. The van der Waals surface area contributed by atoms with Crippen LogP contribution in [0.15, 0.2) is 48.4 Å². The summed E-state index contributed by atoms with van der Waals surface area (Å²) >= 11 is 1.70. The largest absolute Gasteiger partial charge is 0.352 e. The Morgan fingerprint density at radius 1 is 1.21 bits per heavy atom. The SMILES string of the molecule is Cc1nc(CN2CCC(C(=O)NCc3ccccc3Cn3ccnc3)CC2)cs1. The smallest absolute Gasteiger partial charge is 0.223 e. The van der Waals surface area contributed by atoms with E-state index in [1.54, 1.807) is 17.5 Å². The molecule has 1 aliphatic heterocycles. The third-order valence-corrected chi connectivity index (χ3v) is 6.32. The Kier molecular flexibility index (Phi) is 6.36. The first-order chi connectivity index (χ1) is 14.2. The highest BCUT2D eigenvalue weighted by atomic mass is 32.1. The van der Waals surface area contributed by atoms with Crippen LogP contribution in [0, 0.1) is 12.8 Å². The van der Waals surface area contributed by atoms with E-state index in [2.05, 4.69) is 37.7 Å². The number of imidazole rings is 1. The zero-order valence-electron chi connectivity index (χ0n) is 16.8. The molecule has 152 valence electrons. The van der Waals surface area contributed by atoms with E-state index in [0.717, 1.165) is 55.3 Å². The van der Waals surface area contributed by atoms with Crippen LogP contribution in [0.4, 0.5) is 0 Å². The fourth-order valence-corrected chi connectivity index (χ4v) is 4.45. The van der Waals surface area contributed by atoms with Gasteiger partial charge in [-0.1, -0.05) is 24.3 Å². The molecule has 2 aromatic heterocycles. The molecule has 1 N–H and O–H groups in total. The van der Waals surface area contributed by atoms with Gasteiger partial charge in [-0.3, -0.25) is 9.69 Å². The molecule has 0 spiro atoms. The van der Waals surface area contributed by atoms with Gasteiger partial charge in [0.2, 0.25) is 5.91 Å². The molecule has 1 aliphatic rings. The lowest BCUT2D eigenvalue weighted by molar-refractivity contribution is -0.126. The molecular formula is C22H27N5OS. The van der Waals surface area contributed by atoms with Gasteiger partial charge in [-0.2, -0.15) is 0 Å². The van der Waals surface area contributed by atoms with Crippen LogP contribution < -0.4 is 5.32 Å². The monoisotopic (exact) mass is 409 g/mol. The number of aryl methyl sites for hydroxylation is 1. The van der Waals surface area contributed by atoms with Gasteiger partial charge in [-0.25, -0.2) is 9.97 Å². The molecule has 4 rings (SSSR count). The third-order valence-electron chi connectivity index (χ3n) is 5.49. The summed E-state index contributed by atoms with van der Waals surface area (Å²) in [5.74, 6) is 0.274. The number of hydrogen-bond donors (Lipinski definition) is 1. The average molecular weight is 410 g/mol. The summed E-state index contributed by atoms with van der Waals surface area (Å²) in [5, 5.41) is 6.41. The predicted molar refractivity (Wildman–Crippen MR) is 114 cm³/mol. The van der Waals surface area contributed by atoms with Crippen molar-refractivity contribution < 1.29 is 4.79 Å². The van der Waals surface area contributed by atoms with Gasteiger partial charge < -0.3 is 9.88 Å². The van der Waals surface area contributed by atoms with Crippen LogP contribution in [-0.4, -0.2) is 38.4 Å². The molecule has 1 amide bonds. The zero-order valence-corrected chi connectivity index (χ0v) is 17.6. The van der Waals surface area contributed by atoms with Crippen LogP contribution in [0.1, 0.15) is 34.7 Å². The molecule has 0 aliphatic carbocycles. The van der Waals surface area contributed by atoms with E-state index < -0.39 is 0 Å². The first-order valence-electron chi connectivity index (χ1n) is 10.1. The number of nitrogens with one attached hydrogen (secondary N) is 1. The van der Waals surface area contributed by atoms with Crippen molar-refractivity contribution in [3.63, 3.8) is 0 Å². The summed E-state index contributed by atoms with van der Waals surface area (Å²) in [5.41, 5.74) is 3.51. The summed E-state index contributed by atoms with van der Waals surface area (Å²) < 4.78 is 2.04. The normalized spacial score (nSPS) is 15.5. The Hall–Kier alpha value is -2.51. The summed E-state index contributed by atoms with van der Waals surface area (Å²) in [6.45, 7) is 6.17. The van der Waals surface area contributed by atoms with Crippen LogP contribution in [0.25, 0.3) is 0 Å². The molecule has 6 nitrogen and oxygen atoms in total. The second-order valence-electron chi connectivity index (χ2n) is 7.63. The summed E-state index contributed by atoms with van der Waals surface area (Å²) in [4.78, 5) is 23.8. The van der Waals surface area contributed by atoms with Crippen molar-refractivity contribution in [2.75, 3.05) is 13.1 Å². The maximum atomic E-state index is 12.7. The minimum Gasteiger partial charge on any atom is -0.352 e. The summed E-state index contributed by atoms with van der Waals surface area (Å²) in [6.07, 6.45) is 7.37. The van der Waals surface area contributed by atoms with Gasteiger partial charge in [0.25, 0.3) is 0 Å². The van der Waals surface area contributed by atoms with Gasteiger partial charge >= 0.3 is 0 Å². The Morgan fingerprint density at radius 2 is 2.00 bits per heavy atom. The topological polar surface area (TPSA) is 63.1 Å². The van der Waals surface area contributed by atoms with Crippen LogP contribution in [-0.2, 0) is 24.4 Å². The maximum absolute atomic E-state index is 12.7. The number of aromatic nitrogens is 3. The highest BCUT2D eigenvalue weighted by Crippen LogP contribution is 2.20. The first-order valence-corrected chi connectivity index (χ1v) is 11.0. The van der Waals surface area contributed by atoms with Gasteiger partial charge in [-0.15, -0.1) is 11.3 Å². The molecule has 1 saturated heterocycles. The number of piperidine rings is 1. The number of rotatable bonds is 7. The minimum atomic E-state index is 0.101. The van der Waals surface area contributed by atoms with Crippen molar-refractivity contribution in [3.05, 3.63) is 70.2 Å². The van der Waals surface area contributed by atoms with E-state index in [1.165, 1.54) is 5.56 Å². The van der Waals surface area contributed by atoms with E-state index in [4.69, 9.17) is 0 Å². The fraction of sp³-hybridized carbons (Fsp3) is 0.409. The number of benzene rings is 1. The van der Waals surface area contributed by atoms with Gasteiger partial charge in [0, 0.05) is 43.3 Å². The first kappa shape index (κ1) is 19.8. The predicted octanol–water partition coefficient (Wildman–Crippen LogP) is 3.22. The number of amides is 1. The van der Waals surface area contributed by atoms with Crippen LogP contribution in [0.3, 0.4) is 0 Å². The number of carbonyl (C=O) groups excluding carboxylic acids is 1. The molecule has 0 radical (unpaired) electrons. The maximum Gasteiger partial charge on any atom is 0.223 e. The number of thiazole rings is 1. The quantitative estimate of drug-likeness (QED) is 0.651. The van der Waals surface area contributed by atoms with Crippen molar-refractivity contribution in [3.8, 4) is 0 Å². The van der Waals surface area contributed by atoms with E-state index in [0.29, 0.717) is 6.54 Å². The molecule has 3 aromatic rings. The van der Waals surface area contributed by atoms with E-state index in [-0.39, 0.29) is 11.8 Å². The molecule has 1 aromatic carbocycles. The second-order valence-corrected chi connectivity index (χ2v) is 8.69. The molecule has 0 atom stereocenters. The second kappa shape index (κ2) is 9.33. The number of nitrogens with zero attached hydrogens (tertiary/aromatic N) is 4. The van der Waals surface area contributed by atoms with Gasteiger partial charge in [0.05, 0.1) is 17.0 Å². The van der Waals surface area contributed by atoms with Crippen LogP contribution in [0.2, 0.25) is 0 Å². The lowest BCUT2D eigenvalue weighted by Gasteiger charge is -2.30. The fourth-order valence-electron chi connectivity index (χ4n) is 3.85. The van der Waals surface area contributed by atoms with Crippen LogP contribution in [0.5, 0.6) is 0 Å². The van der Waals surface area contributed by atoms with Crippen LogP contribution >= 0.6 is 11.3 Å². The lowest BCUT2D eigenvalue weighted by atomic mass is 9.95. The zero-order chi connectivity index (χ0) is 20.1. The van der Waals surface area contributed by atoms with Crippen molar-refractivity contribution in [2.24, 2.45) is 5.92 Å². The molecular weight excluding hydrogens is 382 g/mol. The lowest BCUT2D eigenvalue weighted by Crippen LogP contribution is -2.40. The molecule has 1 fully saturated rings. The van der Waals surface area contributed by atoms with Crippen molar-refractivity contribution in [1.29, 1.82) is 0 Å². The van der Waals surface area contributed by atoms with Gasteiger partial charge in [0.1, 0.15) is 0 Å². The number of likely N-dealkylation sites (tertiary alicyclic amines) is 1. The van der Waals surface area contributed by atoms with Crippen molar-refractivity contribution in [2.45, 2.75) is 39.4 Å². The molecule has 0 bridgehead atoms. The molecule has 7 heteroatoms. The van der Waals surface area contributed by atoms with Gasteiger partial charge in [-0.05, 0) is 44.0 Å². The van der Waals surface area contributed by atoms with Gasteiger partial charge in [0.15, 0.2) is 0 Å². The Balaban J connectivity index is 1.26. The summed E-state index contributed by atoms with van der Waals surface area (Å²) in [6, 6.07) is 8.26. The number of carbonyl (C=O) groups is 1. The average Bonchev–Trinajstić information content (AvgIpc) is 3.39. The molecule has 3 heterocycles. The van der Waals surface area contributed by atoms with Crippen molar-refractivity contribution in [1.82, 2.24) is 24.8 Å².